The Morgan fingerprint density at radius 2 is 1.90 bits per heavy atom. The Hall–Kier alpha value is -0.840. The molecule has 0 saturated heterocycles. The summed E-state index contributed by atoms with van der Waals surface area (Å²) < 4.78 is 14.2. The van der Waals surface area contributed by atoms with Crippen LogP contribution in [0.3, 0.4) is 0 Å². The van der Waals surface area contributed by atoms with Crippen LogP contribution >= 0.6 is 27.7 Å². The van der Waals surface area contributed by atoms with Crippen molar-refractivity contribution in [2.75, 3.05) is 5.75 Å². The quantitative estimate of drug-likeness (QED) is 0.792. The number of rotatable bonds is 5. The number of hydrogen-bond acceptors (Lipinski definition) is 2. The second kappa shape index (κ2) is 7.25. The molecule has 20 heavy (non-hydrogen) atoms. The molecule has 2 aromatic rings. The molecule has 0 radical (unpaired) electrons. The summed E-state index contributed by atoms with van der Waals surface area (Å²) in [5.74, 6) is 0.343. The minimum absolute atomic E-state index is 0.252. The maximum atomic E-state index is 13.2. The average Bonchev–Trinajstić information content (AvgIpc) is 2.42. The van der Waals surface area contributed by atoms with Gasteiger partial charge in [-0.25, -0.2) is 4.39 Å². The van der Waals surface area contributed by atoms with E-state index < -0.39 is 6.10 Å². The Morgan fingerprint density at radius 1 is 1.20 bits per heavy atom. The fraction of sp³-hybridized carbons (Fsp3) is 0.250. The summed E-state index contributed by atoms with van der Waals surface area (Å²) in [5, 5.41) is 10.1. The van der Waals surface area contributed by atoms with Gasteiger partial charge in [0.15, 0.2) is 0 Å². The van der Waals surface area contributed by atoms with Crippen LogP contribution in [-0.4, -0.2) is 17.0 Å². The molecule has 4 heteroatoms. The van der Waals surface area contributed by atoms with Crippen LogP contribution in [0, 0.1) is 12.7 Å². The molecule has 0 saturated carbocycles. The van der Waals surface area contributed by atoms with Crippen molar-refractivity contribution in [1.29, 1.82) is 0 Å². The molecule has 2 rings (SSSR count). The Morgan fingerprint density at radius 3 is 2.60 bits per heavy atom. The number of benzene rings is 2. The third-order valence-electron chi connectivity index (χ3n) is 3.02. The molecule has 0 amide bonds. The molecule has 1 atom stereocenters. The molecule has 0 aromatic heterocycles. The molecule has 0 bridgehead atoms. The molecule has 0 fully saturated rings. The van der Waals surface area contributed by atoms with E-state index >= 15 is 0 Å². The van der Waals surface area contributed by atoms with Gasteiger partial charge in [0.1, 0.15) is 5.82 Å². The molecule has 106 valence electrons. The topological polar surface area (TPSA) is 20.2 Å². The van der Waals surface area contributed by atoms with E-state index in [0.29, 0.717) is 12.2 Å². The van der Waals surface area contributed by atoms with Gasteiger partial charge < -0.3 is 5.11 Å². The van der Waals surface area contributed by atoms with Crippen molar-refractivity contribution < 1.29 is 9.50 Å². The van der Waals surface area contributed by atoms with Crippen molar-refractivity contribution in [3.05, 3.63) is 63.9 Å². The predicted molar refractivity (Wildman–Crippen MR) is 85.7 cm³/mol. The first-order chi connectivity index (χ1) is 9.54. The first-order valence-electron chi connectivity index (χ1n) is 6.36. The highest BCUT2D eigenvalue weighted by molar-refractivity contribution is 9.10. The van der Waals surface area contributed by atoms with Gasteiger partial charge in [0.25, 0.3) is 0 Å². The van der Waals surface area contributed by atoms with E-state index in [0.717, 1.165) is 20.5 Å². The zero-order valence-electron chi connectivity index (χ0n) is 11.1. The second-order valence-corrected chi connectivity index (χ2v) is 6.70. The number of aliphatic hydroxyl groups excluding tert-OH is 1. The maximum Gasteiger partial charge on any atom is 0.123 e. The van der Waals surface area contributed by atoms with Gasteiger partial charge in [0, 0.05) is 15.1 Å². The lowest BCUT2D eigenvalue weighted by molar-refractivity contribution is 0.200. The summed E-state index contributed by atoms with van der Waals surface area (Å²) in [5.41, 5.74) is 1.88. The first kappa shape index (κ1) is 15.5. The summed E-state index contributed by atoms with van der Waals surface area (Å²) in [6, 6.07) is 12.7. The van der Waals surface area contributed by atoms with E-state index in [2.05, 4.69) is 15.9 Å². The van der Waals surface area contributed by atoms with Crippen molar-refractivity contribution >= 4 is 27.7 Å². The van der Waals surface area contributed by atoms with Crippen LogP contribution in [0.4, 0.5) is 4.39 Å². The van der Waals surface area contributed by atoms with Crippen molar-refractivity contribution in [3.8, 4) is 0 Å². The molecule has 2 aromatic carbocycles. The number of aliphatic hydroxyl groups is 1. The smallest absolute Gasteiger partial charge is 0.123 e. The van der Waals surface area contributed by atoms with Gasteiger partial charge >= 0.3 is 0 Å². The van der Waals surface area contributed by atoms with Crippen molar-refractivity contribution in [2.45, 2.75) is 24.3 Å². The fourth-order valence-electron chi connectivity index (χ4n) is 1.90. The van der Waals surface area contributed by atoms with Crippen LogP contribution in [0.2, 0.25) is 0 Å². The van der Waals surface area contributed by atoms with Gasteiger partial charge in [-0.05, 0) is 60.9 Å². The van der Waals surface area contributed by atoms with Crippen molar-refractivity contribution in [3.63, 3.8) is 0 Å². The lowest BCUT2D eigenvalue weighted by Gasteiger charge is -2.12. The largest absolute Gasteiger partial charge is 0.392 e. The Balaban J connectivity index is 1.90. The molecule has 1 N–H and O–H groups in total. The van der Waals surface area contributed by atoms with E-state index in [4.69, 9.17) is 0 Å². The highest BCUT2D eigenvalue weighted by Gasteiger charge is 2.09. The molecule has 0 spiro atoms. The predicted octanol–water partition coefficient (Wildman–Crippen LogP) is 4.59. The lowest BCUT2D eigenvalue weighted by atomic mass is 10.0. The summed E-state index contributed by atoms with van der Waals surface area (Å²) in [6.45, 7) is 1.93. The third-order valence-corrected chi connectivity index (χ3v) is 4.71. The van der Waals surface area contributed by atoms with Gasteiger partial charge in [-0.3, -0.25) is 0 Å². The summed E-state index contributed by atoms with van der Waals surface area (Å²) in [6.07, 6.45) is -0.00298. The molecule has 0 aliphatic carbocycles. The molecule has 1 nitrogen and oxygen atoms in total. The van der Waals surface area contributed by atoms with Gasteiger partial charge in [-0.2, -0.15) is 0 Å². The van der Waals surface area contributed by atoms with E-state index in [-0.39, 0.29) is 5.82 Å². The van der Waals surface area contributed by atoms with Crippen LogP contribution in [0.1, 0.15) is 11.1 Å². The minimum atomic E-state index is -0.482. The second-order valence-electron chi connectivity index (χ2n) is 4.69. The number of thioether (sulfide) groups is 1. The molecule has 0 heterocycles. The Bertz CT molecular complexity index is 571. The summed E-state index contributed by atoms with van der Waals surface area (Å²) >= 11 is 4.99. The fourth-order valence-corrected chi connectivity index (χ4v) is 2.99. The number of halogens is 2. The van der Waals surface area contributed by atoms with Gasteiger partial charge in [0.05, 0.1) is 6.10 Å². The standard InChI is InChI=1S/C16H16BrFOS/c1-11-2-5-14(18)8-12(11)9-15(19)10-20-16-6-3-13(17)4-7-16/h2-8,15,19H,9-10H2,1H3. The normalized spacial score (nSPS) is 12.4. The zero-order valence-corrected chi connectivity index (χ0v) is 13.5. The van der Waals surface area contributed by atoms with Crippen LogP contribution in [0.5, 0.6) is 0 Å². The molecular weight excluding hydrogens is 339 g/mol. The summed E-state index contributed by atoms with van der Waals surface area (Å²) in [7, 11) is 0. The van der Waals surface area contributed by atoms with E-state index in [9.17, 15) is 9.50 Å². The van der Waals surface area contributed by atoms with Crippen LogP contribution in [0.25, 0.3) is 0 Å². The van der Waals surface area contributed by atoms with E-state index in [1.54, 1.807) is 17.8 Å². The average molecular weight is 355 g/mol. The highest BCUT2D eigenvalue weighted by Crippen LogP contribution is 2.22. The monoisotopic (exact) mass is 354 g/mol. The van der Waals surface area contributed by atoms with Crippen LogP contribution in [-0.2, 0) is 6.42 Å². The zero-order chi connectivity index (χ0) is 14.5. The van der Waals surface area contributed by atoms with E-state index in [1.807, 2.05) is 31.2 Å². The third kappa shape index (κ3) is 4.62. The van der Waals surface area contributed by atoms with Crippen molar-refractivity contribution in [1.82, 2.24) is 0 Å². The maximum absolute atomic E-state index is 13.2. The molecule has 0 aliphatic rings. The van der Waals surface area contributed by atoms with Gasteiger partial charge in [-0.1, -0.05) is 22.0 Å². The molecule has 0 aliphatic heterocycles. The Kier molecular flexibility index (Phi) is 5.64. The summed E-state index contributed by atoms with van der Waals surface area (Å²) in [4.78, 5) is 1.11. The molecule has 1 unspecified atom stereocenters. The number of aryl methyl sites for hydroxylation is 1. The highest BCUT2D eigenvalue weighted by atomic mass is 79.9. The van der Waals surface area contributed by atoms with Crippen molar-refractivity contribution in [2.24, 2.45) is 0 Å². The van der Waals surface area contributed by atoms with Crippen LogP contribution in [0.15, 0.2) is 51.8 Å². The lowest BCUT2D eigenvalue weighted by Crippen LogP contribution is -2.14. The SMILES string of the molecule is Cc1ccc(F)cc1CC(O)CSc1ccc(Br)cc1. The Labute approximate surface area is 131 Å². The molecular formula is C16H16BrFOS. The minimum Gasteiger partial charge on any atom is -0.392 e. The van der Waals surface area contributed by atoms with E-state index in [1.165, 1.54) is 12.1 Å². The first-order valence-corrected chi connectivity index (χ1v) is 8.14. The van der Waals surface area contributed by atoms with Gasteiger partial charge in [0.2, 0.25) is 0 Å². The number of hydrogen-bond donors (Lipinski definition) is 1. The van der Waals surface area contributed by atoms with Crippen LogP contribution < -0.4 is 0 Å². The van der Waals surface area contributed by atoms with Gasteiger partial charge in [-0.15, -0.1) is 11.8 Å².